The molecule has 1 atom stereocenters. The summed E-state index contributed by atoms with van der Waals surface area (Å²) < 4.78 is 7.40. The minimum Gasteiger partial charge on any atom is -0.493 e. The predicted octanol–water partition coefficient (Wildman–Crippen LogP) is 2.02. The molecule has 3 heterocycles. The van der Waals surface area contributed by atoms with Crippen molar-refractivity contribution < 1.29 is 14.3 Å². The molecule has 188 valence electrons. The van der Waals surface area contributed by atoms with E-state index in [0.717, 1.165) is 24.3 Å². The number of aromatic nitrogens is 4. The maximum atomic E-state index is 13.3. The summed E-state index contributed by atoms with van der Waals surface area (Å²) in [6.07, 6.45) is 1.97. The maximum Gasteiger partial charge on any atom is 0.250 e. The van der Waals surface area contributed by atoms with Crippen LogP contribution in [-0.4, -0.2) is 87.7 Å². The molecule has 2 aromatic carbocycles. The van der Waals surface area contributed by atoms with Crippen LogP contribution in [0.1, 0.15) is 19.3 Å². The number of rotatable bonds is 7. The van der Waals surface area contributed by atoms with Crippen molar-refractivity contribution in [2.24, 2.45) is 5.92 Å². The quantitative estimate of drug-likeness (QED) is 0.501. The SMILES string of the molecule is O=C(CCOc1ccccc1)N1CCCC(C(=O)N2CCN(c3nnnn3-c3ccccc3)CC2)C1. The van der Waals surface area contributed by atoms with E-state index in [1.165, 1.54) is 0 Å². The first-order chi connectivity index (χ1) is 17.7. The summed E-state index contributed by atoms with van der Waals surface area (Å²) in [5.74, 6) is 1.46. The molecule has 1 unspecified atom stereocenters. The maximum absolute atomic E-state index is 13.3. The molecule has 5 rings (SSSR count). The summed E-state index contributed by atoms with van der Waals surface area (Å²) in [6, 6.07) is 19.3. The van der Waals surface area contributed by atoms with E-state index in [1.54, 1.807) is 4.68 Å². The van der Waals surface area contributed by atoms with E-state index < -0.39 is 0 Å². The highest BCUT2D eigenvalue weighted by molar-refractivity contribution is 5.81. The van der Waals surface area contributed by atoms with Crippen LogP contribution in [0.5, 0.6) is 5.75 Å². The van der Waals surface area contributed by atoms with Gasteiger partial charge >= 0.3 is 0 Å². The Morgan fingerprint density at radius 3 is 2.36 bits per heavy atom. The largest absolute Gasteiger partial charge is 0.493 e. The standard InChI is InChI=1S/C26H31N7O3/c34-24(13-19-36-23-11-5-2-6-12-23)32-14-7-8-21(20-32)25(35)30-15-17-31(18-16-30)26-27-28-29-33(26)22-9-3-1-4-10-22/h1-6,9-12,21H,7-8,13-20H2. The molecular formula is C26H31N7O3. The molecule has 2 aliphatic rings. The Kier molecular flexibility index (Phi) is 7.39. The summed E-state index contributed by atoms with van der Waals surface area (Å²) in [5, 5.41) is 12.2. The molecule has 2 saturated heterocycles. The number of likely N-dealkylation sites (tertiary alicyclic amines) is 1. The first kappa shape index (κ1) is 23.8. The summed E-state index contributed by atoms with van der Waals surface area (Å²) in [6.45, 7) is 4.05. The number of piperidine rings is 1. The van der Waals surface area contributed by atoms with Crippen molar-refractivity contribution in [3.8, 4) is 11.4 Å². The lowest BCUT2D eigenvalue weighted by molar-refractivity contribution is -0.141. The second kappa shape index (κ2) is 11.2. The van der Waals surface area contributed by atoms with Gasteiger partial charge in [-0.05, 0) is 47.5 Å². The Bertz CT molecular complexity index is 1150. The summed E-state index contributed by atoms with van der Waals surface area (Å²) in [4.78, 5) is 31.9. The first-order valence-corrected chi connectivity index (χ1v) is 12.5. The average molecular weight is 490 g/mol. The molecule has 0 spiro atoms. The number of anilines is 1. The van der Waals surface area contributed by atoms with Crippen LogP contribution < -0.4 is 9.64 Å². The Morgan fingerprint density at radius 2 is 1.61 bits per heavy atom. The predicted molar refractivity (Wildman–Crippen MR) is 134 cm³/mol. The molecule has 0 aliphatic carbocycles. The lowest BCUT2D eigenvalue weighted by Gasteiger charge is -2.39. The smallest absolute Gasteiger partial charge is 0.250 e. The van der Waals surface area contributed by atoms with Gasteiger partial charge in [0, 0.05) is 39.3 Å². The topological polar surface area (TPSA) is 96.7 Å². The lowest BCUT2D eigenvalue weighted by Crippen LogP contribution is -2.53. The Morgan fingerprint density at radius 1 is 0.889 bits per heavy atom. The minimum absolute atomic E-state index is 0.0426. The zero-order valence-electron chi connectivity index (χ0n) is 20.3. The number of amides is 2. The molecule has 36 heavy (non-hydrogen) atoms. The Hall–Kier alpha value is -3.95. The van der Waals surface area contributed by atoms with Crippen molar-refractivity contribution in [1.82, 2.24) is 30.0 Å². The number of hydrogen-bond donors (Lipinski definition) is 0. The van der Waals surface area contributed by atoms with Gasteiger partial charge in [0.1, 0.15) is 5.75 Å². The highest BCUT2D eigenvalue weighted by Gasteiger charge is 2.33. The molecule has 2 fully saturated rings. The van der Waals surface area contributed by atoms with Crippen LogP contribution in [0, 0.1) is 5.92 Å². The summed E-state index contributed by atoms with van der Waals surface area (Å²) >= 11 is 0. The van der Waals surface area contributed by atoms with E-state index >= 15 is 0 Å². The molecule has 2 amide bonds. The van der Waals surface area contributed by atoms with Gasteiger partial charge in [-0.3, -0.25) is 9.59 Å². The third-order valence-electron chi connectivity index (χ3n) is 6.78. The number of benzene rings is 2. The second-order valence-corrected chi connectivity index (χ2v) is 9.13. The van der Waals surface area contributed by atoms with E-state index in [4.69, 9.17) is 4.74 Å². The lowest BCUT2D eigenvalue weighted by atomic mass is 9.96. The van der Waals surface area contributed by atoms with Crippen LogP contribution in [0.25, 0.3) is 5.69 Å². The van der Waals surface area contributed by atoms with Gasteiger partial charge in [-0.25, -0.2) is 0 Å². The molecule has 10 nitrogen and oxygen atoms in total. The van der Waals surface area contributed by atoms with E-state index in [2.05, 4.69) is 20.4 Å². The number of carbonyl (C=O) groups excluding carboxylic acids is 2. The second-order valence-electron chi connectivity index (χ2n) is 9.13. The van der Waals surface area contributed by atoms with Gasteiger partial charge in [0.2, 0.25) is 17.8 Å². The molecular weight excluding hydrogens is 458 g/mol. The fraction of sp³-hybridized carbons (Fsp3) is 0.423. The number of piperazine rings is 1. The number of carbonyl (C=O) groups is 2. The van der Waals surface area contributed by atoms with Crippen LogP contribution in [0.15, 0.2) is 60.7 Å². The molecule has 0 bridgehead atoms. The molecule has 0 radical (unpaired) electrons. The fourth-order valence-electron chi connectivity index (χ4n) is 4.84. The van der Waals surface area contributed by atoms with Crippen molar-refractivity contribution in [2.75, 3.05) is 50.8 Å². The van der Waals surface area contributed by atoms with Crippen molar-refractivity contribution in [3.63, 3.8) is 0 Å². The minimum atomic E-state index is -0.154. The van der Waals surface area contributed by atoms with Gasteiger partial charge < -0.3 is 19.4 Å². The van der Waals surface area contributed by atoms with Gasteiger partial charge in [-0.15, -0.1) is 0 Å². The highest BCUT2D eigenvalue weighted by atomic mass is 16.5. The van der Waals surface area contributed by atoms with Crippen molar-refractivity contribution in [3.05, 3.63) is 60.7 Å². The zero-order valence-corrected chi connectivity index (χ0v) is 20.3. The molecule has 2 aliphatic heterocycles. The van der Waals surface area contributed by atoms with Crippen LogP contribution >= 0.6 is 0 Å². The number of tetrazole rings is 1. The van der Waals surface area contributed by atoms with Gasteiger partial charge in [0.25, 0.3) is 0 Å². The number of para-hydroxylation sites is 2. The van der Waals surface area contributed by atoms with Crippen molar-refractivity contribution in [2.45, 2.75) is 19.3 Å². The molecule has 0 N–H and O–H groups in total. The van der Waals surface area contributed by atoms with E-state index in [1.807, 2.05) is 70.5 Å². The summed E-state index contributed by atoms with van der Waals surface area (Å²) in [5.41, 5.74) is 0.900. The van der Waals surface area contributed by atoms with Crippen LogP contribution in [-0.2, 0) is 9.59 Å². The Balaban J connectivity index is 1.11. The van der Waals surface area contributed by atoms with Gasteiger partial charge in [-0.2, -0.15) is 4.68 Å². The van der Waals surface area contributed by atoms with E-state index in [0.29, 0.717) is 58.2 Å². The molecule has 0 saturated carbocycles. The van der Waals surface area contributed by atoms with Crippen molar-refractivity contribution >= 4 is 17.8 Å². The monoisotopic (exact) mass is 489 g/mol. The average Bonchev–Trinajstić information content (AvgIpc) is 3.44. The molecule has 3 aromatic rings. The fourth-order valence-corrected chi connectivity index (χ4v) is 4.84. The molecule has 1 aromatic heterocycles. The number of hydrogen-bond acceptors (Lipinski definition) is 7. The Labute approximate surface area is 210 Å². The third-order valence-corrected chi connectivity index (χ3v) is 6.78. The number of nitrogens with zero attached hydrogens (tertiary/aromatic N) is 7. The van der Waals surface area contributed by atoms with Crippen molar-refractivity contribution in [1.29, 1.82) is 0 Å². The molecule has 10 heteroatoms. The highest BCUT2D eigenvalue weighted by Crippen LogP contribution is 2.22. The zero-order chi connectivity index (χ0) is 24.7. The summed E-state index contributed by atoms with van der Waals surface area (Å²) in [7, 11) is 0. The van der Waals surface area contributed by atoms with Gasteiger partial charge in [0.05, 0.1) is 24.6 Å². The van der Waals surface area contributed by atoms with Gasteiger partial charge in [-0.1, -0.05) is 41.5 Å². The van der Waals surface area contributed by atoms with Crippen LogP contribution in [0.2, 0.25) is 0 Å². The van der Waals surface area contributed by atoms with E-state index in [9.17, 15) is 9.59 Å². The number of ether oxygens (including phenoxy) is 1. The van der Waals surface area contributed by atoms with Crippen LogP contribution in [0.4, 0.5) is 5.95 Å². The van der Waals surface area contributed by atoms with Gasteiger partial charge in [0.15, 0.2) is 0 Å². The first-order valence-electron chi connectivity index (χ1n) is 12.5. The normalized spacial score (nSPS) is 18.2. The van der Waals surface area contributed by atoms with Crippen LogP contribution in [0.3, 0.4) is 0 Å². The third kappa shape index (κ3) is 5.48. The van der Waals surface area contributed by atoms with E-state index in [-0.39, 0.29) is 17.7 Å².